The predicted molar refractivity (Wildman–Crippen MR) is 105 cm³/mol. The normalized spacial score (nSPS) is 15.7. The van der Waals surface area contributed by atoms with Crippen molar-refractivity contribution in [2.45, 2.75) is 11.4 Å². The summed E-state index contributed by atoms with van der Waals surface area (Å²) in [7, 11) is -3.49. The fourth-order valence-electron chi connectivity index (χ4n) is 3.14. The Morgan fingerprint density at radius 2 is 1.70 bits per heavy atom. The summed E-state index contributed by atoms with van der Waals surface area (Å²) in [6, 6.07) is 11.8. The smallest absolute Gasteiger partial charge is 0.293 e. The number of nitrogens with zero attached hydrogens (tertiary/aromatic N) is 3. The maximum Gasteiger partial charge on any atom is 0.293 e. The fourth-order valence-corrected chi connectivity index (χ4v) is 3.91. The number of hydrogen-bond donors (Lipinski definition) is 0. The van der Waals surface area contributed by atoms with Gasteiger partial charge in [-0.05, 0) is 29.8 Å². The molecular formula is C18H20ClN3O4S. The summed E-state index contributed by atoms with van der Waals surface area (Å²) in [5, 5.41) is 12.1. The first-order valence-electron chi connectivity index (χ1n) is 8.44. The maximum absolute atomic E-state index is 11.7. The molecule has 7 nitrogen and oxygen atoms in total. The number of hydrogen-bond acceptors (Lipinski definition) is 6. The second kappa shape index (κ2) is 7.84. The Hall–Kier alpha value is -2.16. The Kier molecular flexibility index (Phi) is 5.69. The number of benzene rings is 2. The standard InChI is InChI=1S/C18H20ClN3O4S/c1-27(25,26)16-6-7-17(18(12-16)22(23)24)21-10-8-20(9-11-21)13-14-2-4-15(19)5-3-14/h2-7,12H,8-11,13H2,1H3. The van der Waals surface area contributed by atoms with Gasteiger partial charge >= 0.3 is 0 Å². The van der Waals surface area contributed by atoms with E-state index >= 15 is 0 Å². The maximum atomic E-state index is 11.7. The van der Waals surface area contributed by atoms with E-state index < -0.39 is 14.8 Å². The summed E-state index contributed by atoms with van der Waals surface area (Å²) < 4.78 is 23.4. The van der Waals surface area contributed by atoms with E-state index in [0.29, 0.717) is 23.8 Å². The van der Waals surface area contributed by atoms with Gasteiger partial charge in [0.05, 0.1) is 9.82 Å². The first-order valence-corrected chi connectivity index (χ1v) is 10.7. The van der Waals surface area contributed by atoms with Crippen molar-refractivity contribution in [2.24, 2.45) is 0 Å². The van der Waals surface area contributed by atoms with Gasteiger partial charge in [-0.1, -0.05) is 23.7 Å². The molecule has 0 radical (unpaired) electrons. The molecule has 2 aromatic rings. The van der Waals surface area contributed by atoms with Gasteiger partial charge in [0.1, 0.15) is 5.69 Å². The second-order valence-electron chi connectivity index (χ2n) is 6.57. The van der Waals surface area contributed by atoms with Crippen molar-refractivity contribution in [2.75, 3.05) is 37.3 Å². The lowest BCUT2D eigenvalue weighted by molar-refractivity contribution is -0.384. The van der Waals surface area contributed by atoms with Gasteiger partial charge in [0.15, 0.2) is 9.84 Å². The van der Waals surface area contributed by atoms with Crippen LogP contribution >= 0.6 is 11.6 Å². The van der Waals surface area contributed by atoms with E-state index in [1.54, 1.807) is 0 Å². The average Bonchev–Trinajstić information content (AvgIpc) is 2.63. The predicted octanol–water partition coefficient (Wildman–Crippen LogP) is 2.97. The molecule has 1 fully saturated rings. The molecule has 0 spiro atoms. The minimum atomic E-state index is -3.49. The number of anilines is 1. The zero-order chi connectivity index (χ0) is 19.6. The number of rotatable bonds is 5. The van der Waals surface area contributed by atoms with Crippen LogP contribution in [0.25, 0.3) is 0 Å². The molecule has 144 valence electrons. The summed E-state index contributed by atoms with van der Waals surface area (Å²) in [5.74, 6) is 0. The van der Waals surface area contributed by atoms with Crippen LogP contribution in [0, 0.1) is 10.1 Å². The highest BCUT2D eigenvalue weighted by molar-refractivity contribution is 7.90. The Morgan fingerprint density at radius 1 is 1.07 bits per heavy atom. The van der Waals surface area contributed by atoms with E-state index in [1.165, 1.54) is 12.1 Å². The third-order valence-electron chi connectivity index (χ3n) is 4.60. The monoisotopic (exact) mass is 409 g/mol. The Labute approximate surface area is 163 Å². The van der Waals surface area contributed by atoms with Crippen molar-refractivity contribution in [1.82, 2.24) is 4.90 Å². The molecule has 27 heavy (non-hydrogen) atoms. The fraction of sp³-hybridized carbons (Fsp3) is 0.333. The van der Waals surface area contributed by atoms with Crippen molar-refractivity contribution in [1.29, 1.82) is 0 Å². The van der Waals surface area contributed by atoms with Gasteiger partial charge in [0.2, 0.25) is 0 Å². The van der Waals surface area contributed by atoms with E-state index in [9.17, 15) is 18.5 Å². The lowest BCUT2D eigenvalue weighted by atomic mass is 10.2. The molecule has 0 saturated carbocycles. The number of nitro groups is 1. The zero-order valence-corrected chi connectivity index (χ0v) is 16.4. The lowest BCUT2D eigenvalue weighted by Crippen LogP contribution is -2.46. The summed E-state index contributed by atoms with van der Waals surface area (Å²) in [6.07, 6.45) is 1.04. The molecule has 0 aromatic heterocycles. The second-order valence-corrected chi connectivity index (χ2v) is 9.02. The van der Waals surface area contributed by atoms with Gasteiger partial charge in [-0.25, -0.2) is 8.42 Å². The molecule has 1 saturated heterocycles. The van der Waals surface area contributed by atoms with Crippen LogP contribution in [0.15, 0.2) is 47.4 Å². The summed E-state index contributed by atoms with van der Waals surface area (Å²) in [5.41, 5.74) is 1.44. The number of piperazine rings is 1. The van der Waals surface area contributed by atoms with Gasteiger partial charge in [-0.15, -0.1) is 0 Å². The van der Waals surface area contributed by atoms with Crippen molar-refractivity contribution >= 4 is 32.8 Å². The lowest BCUT2D eigenvalue weighted by Gasteiger charge is -2.35. The Balaban J connectivity index is 1.72. The van der Waals surface area contributed by atoms with E-state index in [-0.39, 0.29) is 10.6 Å². The molecular weight excluding hydrogens is 390 g/mol. The van der Waals surface area contributed by atoms with Crippen LogP contribution in [-0.4, -0.2) is 50.7 Å². The Bertz CT molecular complexity index is 940. The van der Waals surface area contributed by atoms with Crippen LogP contribution in [0.5, 0.6) is 0 Å². The average molecular weight is 410 g/mol. The minimum absolute atomic E-state index is 0.0423. The SMILES string of the molecule is CS(=O)(=O)c1ccc(N2CCN(Cc3ccc(Cl)cc3)CC2)c([N+](=O)[O-])c1. The molecule has 1 heterocycles. The zero-order valence-electron chi connectivity index (χ0n) is 14.8. The van der Waals surface area contributed by atoms with E-state index in [4.69, 9.17) is 11.6 Å². The van der Waals surface area contributed by atoms with Crippen LogP contribution in [-0.2, 0) is 16.4 Å². The van der Waals surface area contributed by atoms with E-state index in [0.717, 1.165) is 37.5 Å². The molecule has 3 rings (SSSR count). The van der Waals surface area contributed by atoms with E-state index in [1.807, 2.05) is 29.2 Å². The molecule has 0 N–H and O–H groups in total. The van der Waals surface area contributed by atoms with Crippen molar-refractivity contribution in [3.8, 4) is 0 Å². The molecule has 0 unspecified atom stereocenters. The van der Waals surface area contributed by atoms with Gasteiger partial charge < -0.3 is 4.90 Å². The van der Waals surface area contributed by atoms with Gasteiger partial charge in [-0.2, -0.15) is 0 Å². The summed E-state index contributed by atoms with van der Waals surface area (Å²) in [6.45, 7) is 3.57. The summed E-state index contributed by atoms with van der Waals surface area (Å²) in [4.78, 5) is 15.1. The number of sulfone groups is 1. The molecule has 0 aliphatic carbocycles. The molecule has 0 bridgehead atoms. The number of halogens is 1. The van der Waals surface area contributed by atoms with Crippen molar-refractivity contribution in [3.05, 3.63) is 63.2 Å². The van der Waals surface area contributed by atoms with Gasteiger partial charge in [0.25, 0.3) is 5.69 Å². The largest absolute Gasteiger partial charge is 0.363 e. The quantitative estimate of drug-likeness (QED) is 0.557. The molecule has 2 aromatic carbocycles. The molecule has 0 atom stereocenters. The first kappa shape index (κ1) is 19.6. The first-order chi connectivity index (χ1) is 12.7. The molecule has 0 amide bonds. The molecule has 1 aliphatic rings. The van der Waals surface area contributed by atoms with Crippen LogP contribution in [0.3, 0.4) is 0 Å². The highest BCUT2D eigenvalue weighted by atomic mass is 35.5. The Morgan fingerprint density at radius 3 is 2.26 bits per heavy atom. The minimum Gasteiger partial charge on any atom is -0.363 e. The third kappa shape index (κ3) is 4.77. The topological polar surface area (TPSA) is 83.8 Å². The summed E-state index contributed by atoms with van der Waals surface area (Å²) >= 11 is 5.91. The molecule has 1 aliphatic heterocycles. The third-order valence-corrected chi connectivity index (χ3v) is 5.97. The highest BCUT2D eigenvalue weighted by Gasteiger charge is 2.25. The van der Waals surface area contributed by atoms with Crippen LogP contribution < -0.4 is 4.90 Å². The van der Waals surface area contributed by atoms with E-state index in [2.05, 4.69) is 4.90 Å². The number of nitro benzene ring substituents is 1. The van der Waals surface area contributed by atoms with Crippen LogP contribution in [0.4, 0.5) is 11.4 Å². The van der Waals surface area contributed by atoms with Crippen LogP contribution in [0.1, 0.15) is 5.56 Å². The van der Waals surface area contributed by atoms with Gasteiger partial charge in [0, 0.05) is 50.1 Å². The van der Waals surface area contributed by atoms with Crippen LogP contribution in [0.2, 0.25) is 5.02 Å². The van der Waals surface area contributed by atoms with Gasteiger partial charge in [-0.3, -0.25) is 15.0 Å². The highest BCUT2D eigenvalue weighted by Crippen LogP contribution is 2.31. The molecule has 9 heteroatoms. The van der Waals surface area contributed by atoms with Crippen molar-refractivity contribution in [3.63, 3.8) is 0 Å². The van der Waals surface area contributed by atoms with Crippen molar-refractivity contribution < 1.29 is 13.3 Å².